The largest absolute Gasteiger partial charge is 0.378 e. The maximum absolute atomic E-state index is 5.33. The molecule has 0 spiro atoms. The summed E-state index contributed by atoms with van der Waals surface area (Å²) in [5.74, 6) is 5.86. The van der Waals surface area contributed by atoms with Crippen LogP contribution >= 0.6 is 0 Å². The fourth-order valence-electron chi connectivity index (χ4n) is 1.73. The van der Waals surface area contributed by atoms with Crippen molar-refractivity contribution in [1.82, 2.24) is 0 Å². The summed E-state index contributed by atoms with van der Waals surface area (Å²) >= 11 is 0. The summed E-state index contributed by atoms with van der Waals surface area (Å²) in [7, 11) is 0. The van der Waals surface area contributed by atoms with Crippen molar-refractivity contribution >= 4 is 5.69 Å². The normalized spacial score (nSPS) is 15.4. The van der Waals surface area contributed by atoms with E-state index in [4.69, 9.17) is 10.5 Å². The van der Waals surface area contributed by atoms with Gasteiger partial charge in [-0.3, -0.25) is 0 Å². The van der Waals surface area contributed by atoms with Crippen LogP contribution in [0.1, 0.15) is 5.56 Å². The van der Waals surface area contributed by atoms with Gasteiger partial charge in [0.05, 0.1) is 19.8 Å². The Kier molecular flexibility index (Phi) is 3.81. The molecule has 1 aliphatic heterocycles. The zero-order valence-corrected chi connectivity index (χ0v) is 9.28. The third-order valence-electron chi connectivity index (χ3n) is 2.58. The van der Waals surface area contributed by atoms with Gasteiger partial charge in [-0.2, -0.15) is 0 Å². The van der Waals surface area contributed by atoms with Gasteiger partial charge >= 0.3 is 0 Å². The van der Waals surface area contributed by atoms with Gasteiger partial charge in [0.1, 0.15) is 0 Å². The average Bonchev–Trinajstić information content (AvgIpc) is 2.38. The van der Waals surface area contributed by atoms with E-state index in [1.54, 1.807) is 0 Å². The molecule has 1 aromatic carbocycles. The Morgan fingerprint density at radius 3 is 2.50 bits per heavy atom. The van der Waals surface area contributed by atoms with Crippen LogP contribution in [-0.4, -0.2) is 32.8 Å². The summed E-state index contributed by atoms with van der Waals surface area (Å²) in [5.41, 5.74) is 7.58. The van der Waals surface area contributed by atoms with Crippen LogP contribution in [0.25, 0.3) is 0 Å². The van der Waals surface area contributed by atoms with Gasteiger partial charge in [-0.05, 0) is 24.3 Å². The van der Waals surface area contributed by atoms with Crippen LogP contribution < -0.4 is 10.6 Å². The average molecular weight is 216 g/mol. The van der Waals surface area contributed by atoms with E-state index >= 15 is 0 Å². The molecule has 0 aliphatic carbocycles. The van der Waals surface area contributed by atoms with E-state index in [1.165, 1.54) is 5.69 Å². The molecule has 3 heteroatoms. The van der Waals surface area contributed by atoms with E-state index in [-0.39, 0.29) is 0 Å². The van der Waals surface area contributed by atoms with Crippen LogP contribution in [0, 0.1) is 11.8 Å². The minimum atomic E-state index is 0.408. The first kappa shape index (κ1) is 11.0. The number of nitrogens with two attached hydrogens (primary N) is 1. The molecule has 2 N–H and O–H groups in total. The molecule has 2 rings (SSSR count). The maximum Gasteiger partial charge on any atom is 0.0642 e. The quantitative estimate of drug-likeness (QED) is 0.707. The van der Waals surface area contributed by atoms with E-state index < -0.39 is 0 Å². The number of hydrogen-bond acceptors (Lipinski definition) is 3. The zero-order valence-electron chi connectivity index (χ0n) is 9.28. The van der Waals surface area contributed by atoms with Gasteiger partial charge < -0.3 is 15.4 Å². The fourth-order valence-corrected chi connectivity index (χ4v) is 1.73. The number of ether oxygens (including phenoxy) is 1. The molecule has 0 unspecified atom stereocenters. The van der Waals surface area contributed by atoms with E-state index in [9.17, 15) is 0 Å². The number of nitrogens with zero attached hydrogens (tertiary/aromatic N) is 1. The van der Waals surface area contributed by atoms with Crippen LogP contribution in [0.15, 0.2) is 24.3 Å². The van der Waals surface area contributed by atoms with Crippen LogP contribution in [0.5, 0.6) is 0 Å². The monoisotopic (exact) mass is 216 g/mol. The molecule has 0 amide bonds. The molecule has 0 saturated carbocycles. The first-order chi connectivity index (χ1) is 7.90. The standard InChI is InChI=1S/C13H16N2O/c14-7-1-2-12-3-5-13(6-4-12)15-8-10-16-11-9-15/h3-6H,7-11,14H2. The van der Waals surface area contributed by atoms with Crippen LogP contribution in [-0.2, 0) is 4.74 Å². The van der Waals surface area contributed by atoms with Gasteiger partial charge in [0, 0.05) is 24.3 Å². The van der Waals surface area contributed by atoms with Gasteiger partial charge in [0.2, 0.25) is 0 Å². The summed E-state index contributed by atoms with van der Waals surface area (Å²) in [5, 5.41) is 0. The minimum Gasteiger partial charge on any atom is -0.378 e. The Balaban J connectivity index is 2.06. The Morgan fingerprint density at radius 2 is 1.88 bits per heavy atom. The lowest BCUT2D eigenvalue weighted by Crippen LogP contribution is -2.36. The lowest BCUT2D eigenvalue weighted by atomic mass is 10.2. The van der Waals surface area contributed by atoms with Gasteiger partial charge in [-0.1, -0.05) is 11.8 Å². The van der Waals surface area contributed by atoms with Gasteiger partial charge in [-0.25, -0.2) is 0 Å². The summed E-state index contributed by atoms with van der Waals surface area (Å²) in [4.78, 5) is 2.32. The molecular weight excluding hydrogens is 200 g/mol. The van der Waals surface area contributed by atoms with E-state index in [1.807, 2.05) is 12.1 Å². The first-order valence-electron chi connectivity index (χ1n) is 5.52. The lowest BCUT2D eigenvalue weighted by Gasteiger charge is -2.28. The number of hydrogen-bond donors (Lipinski definition) is 1. The lowest BCUT2D eigenvalue weighted by molar-refractivity contribution is 0.122. The van der Waals surface area contributed by atoms with Crippen molar-refractivity contribution in [3.05, 3.63) is 29.8 Å². The fraction of sp³-hybridized carbons (Fsp3) is 0.385. The second-order valence-corrected chi connectivity index (χ2v) is 3.65. The Morgan fingerprint density at radius 1 is 1.19 bits per heavy atom. The maximum atomic E-state index is 5.33. The molecule has 16 heavy (non-hydrogen) atoms. The Hall–Kier alpha value is -1.50. The number of rotatable bonds is 1. The van der Waals surface area contributed by atoms with E-state index in [0.717, 1.165) is 31.9 Å². The third kappa shape index (κ3) is 2.75. The van der Waals surface area contributed by atoms with Crippen molar-refractivity contribution in [3.63, 3.8) is 0 Å². The van der Waals surface area contributed by atoms with Crippen LogP contribution in [0.2, 0.25) is 0 Å². The SMILES string of the molecule is NCC#Cc1ccc(N2CCOCC2)cc1. The van der Waals surface area contributed by atoms with Gasteiger partial charge in [0.25, 0.3) is 0 Å². The number of benzene rings is 1. The predicted molar refractivity (Wildman–Crippen MR) is 65.4 cm³/mol. The number of morpholine rings is 1. The second-order valence-electron chi connectivity index (χ2n) is 3.65. The molecule has 84 valence electrons. The molecule has 1 aromatic rings. The highest BCUT2D eigenvalue weighted by atomic mass is 16.5. The molecule has 0 aromatic heterocycles. The minimum absolute atomic E-state index is 0.408. The van der Waals surface area contributed by atoms with Crippen molar-refractivity contribution in [2.75, 3.05) is 37.7 Å². The van der Waals surface area contributed by atoms with E-state index in [0.29, 0.717) is 6.54 Å². The van der Waals surface area contributed by atoms with E-state index in [2.05, 4.69) is 28.9 Å². The number of anilines is 1. The van der Waals surface area contributed by atoms with Crippen molar-refractivity contribution in [2.45, 2.75) is 0 Å². The molecule has 1 aliphatic rings. The summed E-state index contributed by atoms with van der Waals surface area (Å²) in [6.45, 7) is 3.97. The molecule has 1 saturated heterocycles. The molecular formula is C13H16N2O. The van der Waals surface area contributed by atoms with Crippen molar-refractivity contribution in [2.24, 2.45) is 5.73 Å². The predicted octanol–water partition coefficient (Wildman–Crippen LogP) is 0.833. The zero-order chi connectivity index (χ0) is 11.2. The molecule has 0 bridgehead atoms. The summed E-state index contributed by atoms with van der Waals surface area (Å²) < 4.78 is 5.32. The van der Waals surface area contributed by atoms with Crippen molar-refractivity contribution in [3.8, 4) is 11.8 Å². The van der Waals surface area contributed by atoms with Crippen molar-refractivity contribution in [1.29, 1.82) is 0 Å². The molecule has 1 heterocycles. The highest BCUT2D eigenvalue weighted by molar-refractivity contribution is 5.50. The summed E-state index contributed by atoms with van der Waals surface area (Å²) in [6, 6.07) is 8.28. The van der Waals surface area contributed by atoms with Crippen LogP contribution in [0.3, 0.4) is 0 Å². The Labute approximate surface area is 96.2 Å². The molecule has 1 fully saturated rings. The smallest absolute Gasteiger partial charge is 0.0642 e. The third-order valence-corrected chi connectivity index (χ3v) is 2.58. The molecule has 0 radical (unpaired) electrons. The van der Waals surface area contributed by atoms with Gasteiger partial charge in [-0.15, -0.1) is 0 Å². The Bertz CT molecular complexity index is 383. The summed E-state index contributed by atoms with van der Waals surface area (Å²) in [6.07, 6.45) is 0. The molecule has 0 atom stereocenters. The van der Waals surface area contributed by atoms with Crippen LogP contribution in [0.4, 0.5) is 5.69 Å². The van der Waals surface area contributed by atoms with Gasteiger partial charge in [0.15, 0.2) is 0 Å². The molecule has 3 nitrogen and oxygen atoms in total. The van der Waals surface area contributed by atoms with Crippen molar-refractivity contribution < 1.29 is 4.74 Å². The topological polar surface area (TPSA) is 38.5 Å². The highest BCUT2D eigenvalue weighted by Gasteiger charge is 2.10. The second kappa shape index (κ2) is 5.55. The highest BCUT2D eigenvalue weighted by Crippen LogP contribution is 2.16. The first-order valence-corrected chi connectivity index (χ1v) is 5.52.